The molecule has 0 heterocycles. The van der Waals surface area contributed by atoms with Crippen LogP contribution < -0.4 is 4.18 Å². The maximum Gasteiger partial charge on any atom is 0.338 e. The highest BCUT2D eigenvalue weighted by Gasteiger charge is 2.37. The Hall–Kier alpha value is -1.94. The van der Waals surface area contributed by atoms with Gasteiger partial charge < -0.3 is 8.92 Å². The number of benzene rings is 2. The van der Waals surface area contributed by atoms with Gasteiger partial charge in [-0.2, -0.15) is 0 Å². The molecule has 0 unspecified atom stereocenters. The van der Waals surface area contributed by atoms with Crippen LogP contribution in [0.4, 0.5) is 0 Å². The lowest BCUT2D eigenvalue weighted by atomic mass is 9.63. The molecule has 4 heteroatoms. The standard InChI is InChI=1S/C23H28O3S/c1-6-25-21(24)16-7-9-17(10-8-16)26-27-18-11-12-19-20(15-18)23(4,5)14-13-22(19,2)3/h7-12,15H,6,13-14H2,1-5H3. The van der Waals surface area contributed by atoms with Crippen LogP contribution in [-0.2, 0) is 15.6 Å². The topological polar surface area (TPSA) is 35.5 Å². The molecule has 0 spiro atoms. The van der Waals surface area contributed by atoms with Crippen LogP contribution >= 0.6 is 12.0 Å². The van der Waals surface area contributed by atoms with E-state index in [9.17, 15) is 4.79 Å². The van der Waals surface area contributed by atoms with Gasteiger partial charge in [0.25, 0.3) is 0 Å². The van der Waals surface area contributed by atoms with E-state index in [0.29, 0.717) is 17.9 Å². The molecule has 3 rings (SSSR count). The Kier molecular flexibility index (Phi) is 5.57. The normalized spacial score (nSPS) is 17.1. The maximum absolute atomic E-state index is 11.7. The number of fused-ring (bicyclic) bond motifs is 1. The van der Waals surface area contributed by atoms with Crippen molar-refractivity contribution in [3.05, 3.63) is 59.2 Å². The second-order valence-corrected chi connectivity index (χ2v) is 9.19. The van der Waals surface area contributed by atoms with Crippen molar-refractivity contribution in [2.75, 3.05) is 6.61 Å². The van der Waals surface area contributed by atoms with Crippen LogP contribution in [0.5, 0.6) is 5.75 Å². The van der Waals surface area contributed by atoms with Gasteiger partial charge >= 0.3 is 5.97 Å². The van der Waals surface area contributed by atoms with E-state index in [0.717, 1.165) is 4.90 Å². The van der Waals surface area contributed by atoms with Gasteiger partial charge in [-0.25, -0.2) is 4.79 Å². The van der Waals surface area contributed by atoms with Gasteiger partial charge in [0, 0.05) is 4.90 Å². The summed E-state index contributed by atoms with van der Waals surface area (Å²) in [6.45, 7) is 11.5. The smallest absolute Gasteiger partial charge is 0.338 e. The van der Waals surface area contributed by atoms with Crippen LogP contribution in [0.1, 0.15) is 68.9 Å². The molecular weight excluding hydrogens is 356 g/mol. The molecule has 0 atom stereocenters. The van der Waals surface area contributed by atoms with Gasteiger partial charge in [-0.05, 0) is 78.1 Å². The number of esters is 1. The molecule has 27 heavy (non-hydrogen) atoms. The molecule has 0 radical (unpaired) electrons. The third kappa shape index (κ3) is 4.32. The third-order valence-corrected chi connectivity index (χ3v) is 6.15. The number of carbonyl (C=O) groups is 1. The quantitative estimate of drug-likeness (QED) is 0.448. The minimum absolute atomic E-state index is 0.183. The van der Waals surface area contributed by atoms with E-state index >= 15 is 0 Å². The van der Waals surface area contributed by atoms with Gasteiger partial charge in [0.05, 0.1) is 24.2 Å². The van der Waals surface area contributed by atoms with Crippen LogP contribution in [-0.4, -0.2) is 12.6 Å². The molecule has 0 N–H and O–H groups in total. The number of hydrogen-bond donors (Lipinski definition) is 0. The number of ether oxygens (including phenoxy) is 1. The minimum atomic E-state index is -0.309. The van der Waals surface area contributed by atoms with E-state index < -0.39 is 0 Å². The van der Waals surface area contributed by atoms with E-state index in [1.54, 1.807) is 31.2 Å². The SMILES string of the molecule is CCOC(=O)c1ccc(OSc2ccc3c(c2)C(C)(C)CCC3(C)C)cc1. The highest BCUT2D eigenvalue weighted by atomic mass is 32.2. The minimum Gasteiger partial charge on any atom is -0.462 e. The summed E-state index contributed by atoms with van der Waals surface area (Å²) >= 11 is 1.36. The molecule has 3 nitrogen and oxygen atoms in total. The number of rotatable bonds is 5. The van der Waals surface area contributed by atoms with E-state index in [1.807, 2.05) is 0 Å². The molecule has 0 aromatic heterocycles. The Bertz CT molecular complexity index is 822. The largest absolute Gasteiger partial charge is 0.462 e. The lowest BCUT2D eigenvalue weighted by Gasteiger charge is -2.41. The van der Waals surface area contributed by atoms with Gasteiger partial charge in [0.2, 0.25) is 0 Å². The highest BCUT2D eigenvalue weighted by Crippen LogP contribution is 2.46. The molecule has 2 aromatic rings. The molecule has 0 saturated carbocycles. The zero-order chi connectivity index (χ0) is 19.7. The first-order chi connectivity index (χ1) is 12.7. The molecule has 0 bridgehead atoms. The molecule has 0 amide bonds. The number of hydrogen-bond acceptors (Lipinski definition) is 4. The van der Waals surface area contributed by atoms with E-state index in [1.165, 1.54) is 36.0 Å². The van der Waals surface area contributed by atoms with Crippen molar-refractivity contribution in [3.8, 4) is 5.75 Å². The predicted octanol–water partition coefficient (Wildman–Crippen LogP) is 6.30. The Morgan fingerprint density at radius 1 is 0.963 bits per heavy atom. The lowest BCUT2D eigenvalue weighted by Crippen LogP contribution is -2.33. The highest BCUT2D eigenvalue weighted by molar-refractivity contribution is 7.95. The fraction of sp³-hybridized carbons (Fsp3) is 0.435. The molecule has 1 aliphatic rings. The van der Waals surface area contributed by atoms with Crippen molar-refractivity contribution < 1.29 is 13.7 Å². The summed E-state index contributed by atoms with van der Waals surface area (Å²) in [5.74, 6) is 0.404. The summed E-state index contributed by atoms with van der Waals surface area (Å²) in [5.41, 5.74) is 3.81. The van der Waals surface area contributed by atoms with Gasteiger partial charge in [-0.15, -0.1) is 0 Å². The molecule has 0 saturated heterocycles. The van der Waals surface area contributed by atoms with Crippen LogP contribution in [0.2, 0.25) is 0 Å². The summed E-state index contributed by atoms with van der Waals surface area (Å²) in [6.07, 6.45) is 2.40. The summed E-state index contributed by atoms with van der Waals surface area (Å²) in [4.78, 5) is 12.8. The monoisotopic (exact) mass is 384 g/mol. The first kappa shape index (κ1) is 19.8. The van der Waals surface area contributed by atoms with Crippen molar-refractivity contribution in [2.45, 2.75) is 63.2 Å². The molecule has 0 aliphatic heterocycles. The van der Waals surface area contributed by atoms with Gasteiger partial charge in [0.15, 0.2) is 0 Å². The molecular formula is C23H28O3S. The zero-order valence-electron chi connectivity index (χ0n) is 16.8. The molecule has 144 valence electrons. The van der Waals surface area contributed by atoms with Crippen LogP contribution in [0, 0.1) is 0 Å². The Labute approximate surface area is 166 Å². The first-order valence-corrected chi connectivity index (χ1v) is 10.2. The van der Waals surface area contributed by atoms with E-state index in [4.69, 9.17) is 8.92 Å². The van der Waals surface area contributed by atoms with Gasteiger partial charge in [-0.1, -0.05) is 33.8 Å². The second kappa shape index (κ2) is 7.59. The van der Waals surface area contributed by atoms with Crippen LogP contribution in [0.3, 0.4) is 0 Å². The Balaban J connectivity index is 1.73. The Morgan fingerprint density at radius 3 is 2.22 bits per heavy atom. The summed E-state index contributed by atoms with van der Waals surface area (Å²) in [6, 6.07) is 13.7. The van der Waals surface area contributed by atoms with E-state index in [-0.39, 0.29) is 16.8 Å². The fourth-order valence-electron chi connectivity index (χ4n) is 3.58. The predicted molar refractivity (Wildman–Crippen MR) is 111 cm³/mol. The average molecular weight is 385 g/mol. The second-order valence-electron chi connectivity index (χ2n) is 8.39. The van der Waals surface area contributed by atoms with Crippen molar-refractivity contribution in [1.82, 2.24) is 0 Å². The first-order valence-electron chi connectivity index (χ1n) is 9.50. The maximum atomic E-state index is 11.7. The molecule has 0 fully saturated rings. The lowest BCUT2D eigenvalue weighted by molar-refractivity contribution is 0.0526. The van der Waals surface area contributed by atoms with Crippen LogP contribution in [0.15, 0.2) is 47.4 Å². The van der Waals surface area contributed by atoms with Crippen molar-refractivity contribution in [3.63, 3.8) is 0 Å². The number of carbonyl (C=O) groups excluding carboxylic acids is 1. The summed E-state index contributed by atoms with van der Waals surface area (Å²) in [7, 11) is 0. The Morgan fingerprint density at radius 2 is 1.59 bits per heavy atom. The van der Waals surface area contributed by atoms with Gasteiger partial charge in [0.1, 0.15) is 5.75 Å². The van der Waals surface area contributed by atoms with Crippen LogP contribution in [0.25, 0.3) is 0 Å². The van der Waals surface area contributed by atoms with Gasteiger partial charge in [-0.3, -0.25) is 0 Å². The van der Waals surface area contributed by atoms with Crippen molar-refractivity contribution in [1.29, 1.82) is 0 Å². The average Bonchev–Trinajstić information content (AvgIpc) is 2.64. The fourth-order valence-corrected chi connectivity index (χ4v) is 4.17. The van der Waals surface area contributed by atoms with E-state index in [2.05, 4.69) is 45.9 Å². The van der Waals surface area contributed by atoms with Crippen molar-refractivity contribution in [2.24, 2.45) is 0 Å². The van der Waals surface area contributed by atoms with Crippen molar-refractivity contribution >= 4 is 18.0 Å². The third-order valence-electron chi connectivity index (χ3n) is 5.42. The summed E-state index contributed by atoms with van der Waals surface area (Å²) in [5, 5.41) is 0. The molecule has 1 aliphatic carbocycles. The zero-order valence-corrected chi connectivity index (χ0v) is 17.6. The summed E-state index contributed by atoms with van der Waals surface area (Å²) < 4.78 is 10.9. The molecule has 2 aromatic carbocycles.